The number of benzene rings is 1. The average Bonchev–Trinajstić information content (AvgIpc) is 2.85. The van der Waals surface area contributed by atoms with Gasteiger partial charge in [0.2, 0.25) is 0 Å². The maximum absolute atomic E-state index is 13.6. The van der Waals surface area contributed by atoms with Crippen LogP contribution in [0.2, 0.25) is 0 Å². The van der Waals surface area contributed by atoms with E-state index in [4.69, 9.17) is 4.42 Å². The molecular weight excluding hydrogens is 229 g/mol. The van der Waals surface area contributed by atoms with Gasteiger partial charge in [-0.15, -0.1) is 0 Å². The van der Waals surface area contributed by atoms with Gasteiger partial charge in [-0.1, -0.05) is 13.0 Å². The molecule has 1 aliphatic rings. The van der Waals surface area contributed by atoms with Gasteiger partial charge in [-0.3, -0.25) is 0 Å². The lowest BCUT2D eigenvalue weighted by atomic mass is 9.93. The molecular formula is C15H16FNO. The molecule has 0 saturated heterocycles. The Morgan fingerprint density at radius 1 is 1.44 bits per heavy atom. The zero-order chi connectivity index (χ0) is 12.5. The number of rotatable bonds is 2. The highest BCUT2D eigenvalue weighted by atomic mass is 19.1. The molecule has 0 saturated carbocycles. The van der Waals surface area contributed by atoms with Crippen molar-refractivity contribution in [3.05, 3.63) is 41.9 Å². The van der Waals surface area contributed by atoms with Crippen LogP contribution in [0, 0.1) is 5.82 Å². The highest BCUT2D eigenvalue weighted by molar-refractivity contribution is 5.90. The van der Waals surface area contributed by atoms with Gasteiger partial charge in [0, 0.05) is 23.5 Å². The maximum Gasteiger partial charge on any atom is 0.141 e. The lowest BCUT2D eigenvalue weighted by Gasteiger charge is -2.23. The van der Waals surface area contributed by atoms with Gasteiger partial charge in [-0.2, -0.15) is 0 Å². The molecule has 2 aromatic rings. The molecule has 2 heterocycles. The third-order valence-electron chi connectivity index (χ3n) is 3.58. The van der Waals surface area contributed by atoms with E-state index in [-0.39, 0.29) is 5.82 Å². The monoisotopic (exact) mass is 245 g/mol. The fourth-order valence-corrected chi connectivity index (χ4v) is 2.56. The number of furan rings is 1. The van der Waals surface area contributed by atoms with E-state index in [0.717, 1.165) is 35.9 Å². The molecule has 1 N–H and O–H groups in total. The van der Waals surface area contributed by atoms with Gasteiger partial charge in [-0.25, -0.2) is 4.39 Å². The van der Waals surface area contributed by atoms with E-state index in [1.807, 2.05) is 0 Å². The summed E-state index contributed by atoms with van der Waals surface area (Å²) in [6.45, 7) is 3.00. The Balaban J connectivity index is 2.08. The zero-order valence-corrected chi connectivity index (χ0v) is 10.4. The van der Waals surface area contributed by atoms with Crippen molar-refractivity contribution >= 4 is 16.5 Å². The quantitative estimate of drug-likeness (QED) is 0.872. The van der Waals surface area contributed by atoms with Crippen LogP contribution in [0.3, 0.4) is 0 Å². The van der Waals surface area contributed by atoms with Gasteiger partial charge >= 0.3 is 0 Å². The van der Waals surface area contributed by atoms with Gasteiger partial charge in [0.05, 0.1) is 6.26 Å². The van der Waals surface area contributed by atoms with Crippen LogP contribution >= 0.6 is 0 Å². The summed E-state index contributed by atoms with van der Waals surface area (Å²) in [5, 5.41) is 4.26. The Bertz CT molecular complexity index is 600. The first kappa shape index (κ1) is 11.5. The van der Waals surface area contributed by atoms with E-state index < -0.39 is 0 Å². The van der Waals surface area contributed by atoms with Crippen LogP contribution in [-0.2, 0) is 0 Å². The number of hydrogen-bond donors (Lipinski definition) is 1. The molecule has 0 amide bonds. The molecule has 0 fully saturated rings. The van der Waals surface area contributed by atoms with Crippen LogP contribution < -0.4 is 5.32 Å². The SMILES string of the molecule is CCC1CC(c2cc(F)cc3ccoc23)=CCN1. The third kappa shape index (κ3) is 1.95. The molecule has 18 heavy (non-hydrogen) atoms. The molecule has 1 aliphatic heterocycles. The fraction of sp³-hybridized carbons (Fsp3) is 0.333. The number of nitrogens with one attached hydrogen (secondary N) is 1. The summed E-state index contributed by atoms with van der Waals surface area (Å²) in [4.78, 5) is 0. The van der Waals surface area contributed by atoms with E-state index >= 15 is 0 Å². The number of hydrogen-bond acceptors (Lipinski definition) is 2. The van der Waals surface area contributed by atoms with Crippen molar-refractivity contribution in [2.24, 2.45) is 0 Å². The number of fused-ring (bicyclic) bond motifs is 1. The normalized spacial score (nSPS) is 20.1. The molecule has 0 bridgehead atoms. The van der Waals surface area contributed by atoms with Gasteiger partial charge in [-0.05, 0) is 36.6 Å². The molecule has 1 atom stereocenters. The predicted molar refractivity (Wildman–Crippen MR) is 70.8 cm³/mol. The fourth-order valence-electron chi connectivity index (χ4n) is 2.56. The van der Waals surface area contributed by atoms with E-state index in [1.54, 1.807) is 18.4 Å². The first-order chi connectivity index (χ1) is 8.78. The molecule has 1 aromatic carbocycles. The third-order valence-corrected chi connectivity index (χ3v) is 3.58. The van der Waals surface area contributed by atoms with E-state index in [0.29, 0.717) is 6.04 Å². The van der Waals surface area contributed by atoms with Crippen LogP contribution in [0.1, 0.15) is 25.3 Å². The maximum atomic E-state index is 13.6. The molecule has 3 heteroatoms. The van der Waals surface area contributed by atoms with Gasteiger partial charge in [0.1, 0.15) is 11.4 Å². The van der Waals surface area contributed by atoms with Crippen LogP contribution in [0.5, 0.6) is 0 Å². The Morgan fingerprint density at radius 2 is 2.33 bits per heavy atom. The lowest BCUT2D eigenvalue weighted by Crippen LogP contribution is -2.32. The van der Waals surface area contributed by atoms with Crippen molar-refractivity contribution in [3.63, 3.8) is 0 Å². The van der Waals surface area contributed by atoms with E-state index in [9.17, 15) is 4.39 Å². The standard InChI is InChI=1S/C15H16FNO/c1-2-13-8-10(3-5-17-13)14-9-12(16)7-11-4-6-18-15(11)14/h3-4,6-7,9,13,17H,2,5,8H2,1H3. The van der Waals surface area contributed by atoms with E-state index in [2.05, 4.69) is 18.3 Å². The second kappa shape index (κ2) is 4.58. The average molecular weight is 245 g/mol. The van der Waals surface area contributed by atoms with Gasteiger partial charge < -0.3 is 9.73 Å². The number of halogens is 1. The first-order valence-corrected chi connectivity index (χ1v) is 6.37. The summed E-state index contributed by atoms with van der Waals surface area (Å²) in [6, 6.07) is 5.37. The predicted octanol–water partition coefficient (Wildman–Crippen LogP) is 3.73. The van der Waals surface area contributed by atoms with Crippen molar-refractivity contribution < 1.29 is 8.81 Å². The minimum Gasteiger partial charge on any atom is -0.464 e. The molecule has 1 aromatic heterocycles. The van der Waals surface area contributed by atoms with Gasteiger partial charge in [0.25, 0.3) is 0 Å². The molecule has 0 aliphatic carbocycles. The summed E-state index contributed by atoms with van der Waals surface area (Å²) < 4.78 is 19.1. The van der Waals surface area contributed by atoms with Crippen LogP contribution in [0.4, 0.5) is 4.39 Å². The smallest absolute Gasteiger partial charge is 0.141 e. The molecule has 0 radical (unpaired) electrons. The summed E-state index contributed by atoms with van der Waals surface area (Å²) >= 11 is 0. The summed E-state index contributed by atoms with van der Waals surface area (Å²) in [7, 11) is 0. The largest absolute Gasteiger partial charge is 0.464 e. The molecule has 3 rings (SSSR count). The second-order valence-corrected chi connectivity index (χ2v) is 4.74. The zero-order valence-electron chi connectivity index (χ0n) is 10.4. The summed E-state index contributed by atoms with van der Waals surface area (Å²) in [5.41, 5.74) is 2.87. The first-order valence-electron chi connectivity index (χ1n) is 6.37. The minimum absolute atomic E-state index is 0.202. The molecule has 0 spiro atoms. The summed E-state index contributed by atoms with van der Waals surface area (Å²) in [5.74, 6) is -0.202. The molecule has 94 valence electrons. The highest BCUT2D eigenvalue weighted by Crippen LogP contribution is 2.31. The Hall–Kier alpha value is -1.61. The summed E-state index contributed by atoms with van der Waals surface area (Å²) in [6.07, 6.45) is 5.75. The topological polar surface area (TPSA) is 25.2 Å². The van der Waals surface area contributed by atoms with Crippen LogP contribution in [0.15, 0.2) is 35.0 Å². The van der Waals surface area contributed by atoms with E-state index in [1.165, 1.54) is 11.6 Å². The lowest BCUT2D eigenvalue weighted by molar-refractivity contribution is 0.520. The van der Waals surface area contributed by atoms with Crippen molar-refractivity contribution in [2.75, 3.05) is 6.54 Å². The van der Waals surface area contributed by atoms with Crippen molar-refractivity contribution in [3.8, 4) is 0 Å². The van der Waals surface area contributed by atoms with Crippen LogP contribution in [-0.4, -0.2) is 12.6 Å². The molecule has 1 unspecified atom stereocenters. The van der Waals surface area contributed by atoms with Crippen molar-refractivity contribution in [1.82, 2.24) is 5.32 Å². The van der Waals surface area contributed by atoms with Gasteiger partial charge in [0.15, 0.2) is 0 Å². The van der Waals surface area contributed by atoms with Crippen LogP contribution in [0.25, 0.3) is 16.5 Å². The second-order valence-electron chi connectivity index (χ2n) is 4.74. The molecule has 2 nitrogen and oxygen atoms in total. The van der Waals surface area contributed by atoms with Crippen molar-refractivity contribution in [2.45, 2.75) is 25.8 Å². The Kier molecular flexibility index (Phi) is 2.92. The Labute approximate surface area is 105 Å². The Morgan fingerprint density at radius 3 is 3.17 bits per heavy atom. The minimum atomic E-state index is -0.202. The highest BCUT2D eigenvalue weighted by Gasteiger charge is 2.18. The van der Waals surface area contributed by atoms with Crippen molar-refractivity contribution in [1.29, 1.82) is 0 Å².